The van der Waals surface area contributed by atoms with Crippen LogP contribution in [0, 0.1) is 5.92 Å². The van der Waals surface area contributed by atoms with Gasteiger partial charge in [-0.25, -0.2) is 0 Å². The molecule has 162 valence electrons. The van der Waals surface area contributed by atoms with E-state index in [4.69, 9.17) is 9.47 Å². The lowest BCUT2D eigenvalue weighted by atomic mass is 9.89. The third-order valence-electron chi connectivity index (χ3n) is 5.50. The van der Waals surface area contributed by atoms with E-state index in [1.165, 1.54) is 44.9 Å². The molecule has 0 aromatic heterocycles. The zero-order valence-electron chi connectivity index (χ0n) is 18.3. The van der Waals surface area contributed by atoms with Crippen molar-refractivity contribution in [3.05, 3.63) is 12.2 Å². The van der Waals surface area contributed by atoms with Crippen molar-refractivity contribution in [2.45, 2.75) is 116 Å². The van der Waals surface area contributed by atoms with E-state index < -0.39 is 0 Å². The number of unbranched alkanes of at least 4 members (excludes halogenated alkanes) is 7. The van der Waals surface area contributed by atoms with Gasteiger partial charge in [-0.3, -0.25) is 9.59 Å². The van der Waals surface area contributed by atoms with E-state index in [-0.39, 0.29) is 24.5 Å². The first-order valence-electron chi connectivity index (χ1n) is 11.6. The van der Waals surface area contributed by atoms with E-state index >= 15 is 0 Å². The number of ether oxygens (including phenoxy) is 2. The summed E-state index contributed by atoms with van der Waals surface area (Å²) in [6, 6.07) is 0. The van der Waals surface area contributed by atoms with E-state index in [2.05, 4.69) is 19.9 Å². The van der Waals surface area contributed by atoms with Crippen LogP contribution in [0.1, 0.15) is 110 Å². The molecule has 0 bridgehead atoms. The quantitative estimate of drug-likeness (QED) is 0.180. The zero-order chi connectivity index (χ0) is 20.5. The normalized spacial score (nSPS) is 19.6. The molecule has 4 heteroatoms. The molecule has 0 unspecified atom stereocenters. The monoisotopic (exact) mass is 394 g/mol. The fraction of sp³-hybridized carbons (Fsp3) is 0.833. The Morgan fingerprint density at radius 2 is 1.46 bits per heavy atom. The molecule has 0 aromatic rings. The smallest absolute Gasteiger partial charge is 0.306 e. The Balaban J connectivity index is 1.91. The summed E-state index contributed by atoms with van der Waals surface area (Å²) in [6.45, 7) is 4.82. The van der Waals surface area contributed by atoms with Crippen LogP contribution < -0.4 is 0 Å². The lowest BCUT2D eigenvalue weighted by Gasteiger charge is -2.25. The van der Waals surface area contributed by atoms with Crippen molar-refractivity contribution in [1.29, 1.82) is 0 Å². The van der Waals surface area contributed by atoms with Crippen LogP contribution in [0.3, 0.4) is 0 Å². The van der Waals surface area contributed by atoms with Crippen LogP contribution in [0.25, 0.3) is 0 Å². The molecule has 4 nitrogen and oxygen atoms in total. The summed E-state index contributed by atoms with van der Waals surface area (Å²) in [5.41, 5.74) is 0. The second-order valence-electron chi connectivity index (χ2n) is 8.29. The minimum atomic E-state index is -0.236. The molecule has 28 heavy (non-hydrogen) atoms. The van der Waals surface area contributed by atoms with E-state index in [0.717, 1.165) is 38.0 Å². The van der Waals surface area contributed by atoms with Gasteiger partial charge in [0, 0.05) is 12.8 Å². The van der Waals surface area contributed by atoms with Crippen molar-refractivity contribution < 1.29 is 19.1 Å². The average molecular weight is 395 g/mol. The standard InChI is InChI=1S/C24H42O4/c1-3-4-5-6-7-8-9-10-11-12-20-27-23(25)14-13-15-24(26)28-22-18-16-21(2)17-19-22/h11-12,21-22H,3-10,13-20H2,1-2H3/b12-11+. The third-order valence-corrected chi connectivity index (χ3v) is 5.50. The van der Waals surface area contributed by atoms with E-state index in [1.807, 2.05) is 6.08 Å². The van der Waals surface area contributed by atoms with Gasteiger partial charge in [-0.05, 0) is 50.9 Å². The van der Waals surface area contributed by atoms with Gasteiger partial charge in [0.25, 0.3) is 0 Å². The van der Waals surface area contributed by atoms with Gasteiger partial charge < -0.3 is 9.47 Å². The highest BCUT2D eigenvalue weighted by atomic mass is 16.5. The van der Waals surface area contributed by atoms with Gasteiger partial charge in [0.15, 0.2) is 0 Å². The van der Waals surface area contributed by atoms with Gasteiger partial charge in [-0.2, -0.15) is 0 Å². The van der Waals surface area contributed by atoms with Crippen molar-refractivity contribution in [3.8, 4) is 0 Å². The zero-order valence-corrected chi connectivity index (χ0v) is 18.3. The van der Waals surface area contributed by atoms with Crippen molar-refractivity contribution in [3.63, 3.8) is 0 Å². The fourth-order valence-electron chi connectivity index (χ4n) is 3.59. The molecule has 0 spiro atoms. The number of carbonyl (C=O) groups excluding carboxylic acids is 2. The highest BCUT2D eigenvalue weighted by molar-refractivity contribution is 5.72. The molecule has 0 heterocycles. The van der Waals surface area contributed by atoms with Crippen LogP contribution in [0.5, 0.6) is 0 Å². The van der Waals surface area contributed by atoms with Crippen LogP contribution >= 0.6 is 0 Å². The number of rotatable bonds is 15. The van der Waals surface area contributed by atoms with Crippen molar-refractivity contribution in [2.24, 2.45) is 5.92 Å². The van der Waals surface area contributed by atoms with Crippen LogP contribution in [0.4, 0.5) is 0 Å². The molecule has 0 aromatic carbocycles. The van der Waals surface area contributed by atoms with Gasteiger partial charge in [0.1, 0.15) is 12.7 Å². The predicted octanol–water partition coefficient (Wildman–Crippen LogP) is 6.52. The lowest BCUT2D eigenvalue weighted by Crippen LogP contribution is -2.23. The molecular formula is C24H42O4. The molecule has 1 aliphatic rings. The summed E-state index contributed by atoms with van der Waals surface area (Å²) in [4.78, 5) is 23.6. The first-order chi connectivity index (χ1) is 13.6. The second kappa shape index (κ2) is 16.6. The van der Waals surface area contributed by atoms with Crippen LogP contribution in [-0.2, 0) is 19.1 Å². The van der Waals surface area contributed by atoms with Gasteiger partial charge in [-0.1, -0.05) is 64.5 Å². The van der Waals surface area contributed by atoms with Gasteiger partial charge in [0.05, 0.1) is 0 Å². The predicted molar refractivity (Wildman–Crippen MR) is 114 cm³/mol. The summed E-state index contributed by atoms with van der Waals surface area (Å²) in [5.74, 6) is 0.330. The SMILES string of the molecule is CCCCCCCCC/C=C/COC(=O)CCCC(=O)OC1CCC(C)CC1. The first-order valence-corrected chi connectivity index (χ1v) is 11.6. The molecule has 1 rings (SSSR count). The second-order valence-corrected chi connectivity index (χ2v) is 8.29. The summed E-state index contributed by atoms with van der Waals surface area (Å²) in [5, 5.41) is 0. The minimum Gasteiger partial charge on any atom is -0.462 e. The molecule has 0 saturated heterocycles. The van der Waals surface area contributed by atoms with Gasteiger partial charge in [0.2, 0.25) is 0 Å². The van der Waals surface area contributed by atoms with E-state index in [1.54, 1.807) is 0 Å². The maximum absolute atomic E-state index is 11.8. The van der Waals surface area contributed by atoms with E-state index in [9.17, 15) is 9.59 Å². The lowest BCUT2D eigenvalue weighted by molar-refractivity contribution is -0.151. The molecule has 0 radical (unpaired) electrons. The molecular weight excluding hydrogens is 352 g/mol. The molecule has 0 atom stereocenters. The summed E-state index contributed by atoms with van der Waals surface area (Å²) in [6.07, 6.45) is 19.6. The summed E-state index contributed by atoms with van der Waals surface area (Å²) < 4.78 is 10.7. The Labute approximate surface area is 172 Å². The highest BCUT2D eigenvalue weighted by Crippen LogP contribution is 2.25. The van der Waals surface area contributed by atoms with Crippen molar-refractivity contribution >= 4 is 11.9 Å². The van der Waals surface area contributed by atoms with Crippen LogP contribution in [0.2, 0.25) is 0 Å². The molecule has 0 amide bonds. The van der Waals surface area contributed by atoms with Crippen molar-refractivity contribution in [1.82, 2.24) is 0 Å². The maximum Gasteiger partial charge on any atom is 0.306 e. The van der Waals surface area contributed by atoms with Crippen LogP contribution in [0.15, 0.2) is 12.2 Å². The van der Waals surface area contributed by atoms with Crippen molar-refractivity contribution in [2.75, 3.05) is 6.61 Å². The Morgan fingerprint density at radius 3 is 2.18 bits per heavy atom. The molecule has 0 aliphatic heterocycles. The average Bonchev–Trinajstić information content (AvgIpc) is 2.68. The topological polar surface area (TPSA) is 52.6 Å². The molecule has 0 N–H and O–H groups in total. The Bertz CT molecular complexity index is 436. The Morgan fingerprint density at radius 1 is 0.821 bits per heavy atom. The van der Waals surface area contributed by atoms with Gasteiger partial charge in [-0.15, -0.1) is 0 Å². The first kappa shape index (κ1) is 24.7. The number of hydrogen-bond donors (Lipinski definition) is 0. The minimum absolute atomic E-state index is 0.0807. The molecule has 1 saturated carbocycles. The molecule has 1 fully saturated rings. The maximum atomic E-state index is 11.8. The third kappa shape index (κ3) is 13.8. The fourth-order valence-corrected chi connectivity index (χ4v) is 3.59. The number of carbonyl (C=O) groups is 2. The highest BCUT2D eigenvalue weighted by Gasteiger charge is 2.21. The Hall–Kier alpha value is -1.32. The summed E-state index contributed by atoms with van der Waals surface area (Å²) in [7, 11) is 0. The largest absolute Gasteiger partial charge is 0.462 e. The number of esters is 2. The van der Waals surface area contributed by atoms with Crippen LogP contribution in [-0.4, -0.2) is 24.6 Å². The summed E-state index contributed by atoms with van der Waals surface area (Å²) >= 11 is 0. The van der Waals surface area contributed by atoms with Gasteiger partial charge >= 0.3 is 11.9 Å². The molecule has 1 aliphatic carbocycles. The number of hydrogen-bond acceptors (Lipinski definition) is 4. The van der Waals surface area contributed by atoms with E-state index in [0.29, 0.717) is 19.4 Å². The number of allylic oxidation sites excluding steroid dienone is 1. The Kier molecular flexibility index (Phi) is 14.7.